The van der Waals surface area contributed by atoms with Crippen molar-refractivity contribution in [3.63, 3.8) is 0 Å². The van der Waals surface area contributed by atoms with Crippen molar-refractivity contribution >= 4 is 11.9 Å². The highest BCUT2D eigenvalue weighted by atomic mass is 16.5. The smallest absolute Gasteiger partial charge is 0.306 e. The van der Waals surface area contributed by atoms with Gasteiger partial charge >= 0.3 is 5.97 Å². The molecule has 3 atom stereocenters. The minimum atomic E-state index is -0.784. The molecule has 3 N–H and O–H groups in total. The van der Waals surface area contributed by atoms with E-state index < -0.39 is 18.2 Å². The van der Waals surface area contributed by atoms with Crippen LogP contribution in [-0.2, 0) is 14.3 Å². The van der Waals surface area contributed by atoms with E-state index >= 15 is 0 Å². The van der Waals surface area contributed by atoms with Gasteiger partial charge < -0.3 is 20.3 Å². The van der Waals surface area contributed by atoms with E-state index in [0.29, 0.717) is 19.3 Å². The molecule has 392 valence electrons. The van der Waals surface area contributed by atoms with E-state index in [4.69, 9.17) is 4.74 Å². The molecule has 0 aromatic rings. The summed E-state index contributed by atoms with van der Waals surface area (Å²) in [6, 6.07) is -0.697. The topological polar surface area (TPSA) is 95.9 Å². The predicted molar refractivity (Wildman–Crippen MR) is 287 cm³/mol. The molecule has 0 rings (SSSR count). The normalized spacial score (nSPS) is 13.1. The van der Waals surface area contributed by atoms with Crippen molar-refractivity contribution in [3.05, 3.63) is 12.2 Å². The first-order valence-corrected chi connectivity index (χ1v) is 29.9. The molecule has 0 aliphatic rings. The number of aliphatic hydroxyl groups excluding tert-OH is 2. The first-order chi connectivity index (χ1) is 32.5. The second-order valence-electron chi connectivity index (χ2n) is 20.8. The number of hydrogen-bond donors (Lipinski definition) is 3. The summed E-state index contributed by atoms with van der Waals surface area (Å²) >= 11 is 0. The number of nitrogens with one attached hydrogen (secondary N) is 1. The number of aliphatic hydroxyl groups is 2. The van der Waals surface area contributed by atoms with Crippen LogP contribution in [-0.4, -0.2) is 46.9 Å². The fraction of sp³-hybridized carbons (Fsp3) is 0.933. The number of rotatable bonds is 55. The molecule has 0 spiro atoms. The van der Waals surface area contributed by atoms with Crippen molar-refractivity contribution in [1.29, 1.82) is 0 Å². The Balaban J connectivity index is 4.50. The summed E-state index contributed by atoms with van der Waals surface area (Å²) in [7, 11) is 0. The van der Waals surface area contributed by atoms with Crippen LogP contribution < -0.4 is 5.32 Å². The Hall–Kier alpha value is -1.40. The van der Waals surface area contributed by atoms with Crippen LogP contribution in [0.15, 0.2) is 12.2 Å². The van der Waals surface area contributed by atoms with Gasteiger partial charge in [-0.1, -0.05) is 283 Å². The monoisotopic (exact) mass is 932 g/mol. The SMILES string of the molecule is CCCCCCCCCCC/C=C/CCCCCCCC(=O)OC(CCCCCCCCCCCCCCCCC)CC(=O)NC(CO)C(O)CCCCCCCCCCCCCCCC. The van der Waals surface area contributed by atoms with Crippen LogP contribution in [0, 0.1) is 0 Å². The lowest BCUT2D eigenvalue weighted by Crippen LogP contribution is -2.46. The van der Waals surface area contributed by atoms with Gasteiger partial charge in [-0.05, 0) is 51.4 Å². The quantitative estimate of drug-likeness (QED) is 0.0321. The number of unbranched alkanes of at least 4 members (excludes halogenated alkanes) is 41. The molecule has 0 heterocycles. The maximum absolute atomic E-state index is 13.3. The highest BCUT2D eigenvalue weighted by Gasteiger charge is 2.24. The summed E-state index contributed by atoms with van der Waals surface area (Å²) in [5.41, 5.74) is 0. The van der Waals surface area contributed by atoms with Gasteiger partial charge in [0.25, 0.3) is 0 Å². The molecule has 66 heavy (non-hydrogen) atoms. The molecule has 0 saturated heterocycles. The number of carbonyl (C=O) groups excluding carboxylic acids is 2. The van der Waals surface area contributed by atoms with E-state index in [0.717, 1.165) is 51.4 Å². The zero-order valence-corrected chi connectivity index (χ0v) is 44.9. The van der Waals surface area contributed by atoms with Gasteiger partial charge in [-0.25, -0.2) is 0 Å². The van der Waals surface area contributed by atoms with Crippen LogP contribution in [0.4, 0.5) is 0 Å². The molecule has 0 aromatic heterocycles. The molecular formula is C60H117NO5. The second kappa shape index (κ2) is 54.5. The molecule has 0 bridgehead atoms. The molecule has 1 amide bonds. The number of amides is 1. The fourth-order valence-electron chi connectivity index (χ4n) is 9.55. The number of carbonyl (C=O) groups is 2. The van der Waals surface area contributed by atoms with E-state index in [9.17, 15) is 19.8 Å². The Morgan fingerprint density at radius 3 is 1.08 bits per heavy atom. The van der Waals surface area contributed by atoms with Crippen LogP contribution in [0.1, 0.15) is 335 Å². The predicted octanol–water partition coefficient (Wildman–Crippen LogP) is 18.5. The Bertz CT molecular complexity index is 1000. The highest BCUT2D eigenvalue weighted by Crippen LogP contribution is 2.19. The van der Waals surface area contributed by atoms with Crippen molar-refractivity contribution in [3.8, 4) is 0 Å². The molecule has 0 aliphatic carbocycles. The molecule has 0 saturated carbocycles. The highest BCUT2D eigenvalue weighted by molar-refractivity contribution is 5.77. The summed E-state index contributed by atoms with van der Waals surface area (Å²) in [4.78, 5) is 26.3. The molecule has 6 nitrogen and oxygen atoms in total. The van der Waals surface area contributed by atoms with Crippen molar-refractivity contribution in [2.75, 3.05) is 6.61 Å². The van der Waals surface area contributed by atoms with Crippen molar-refractivity contribution < 1.29 is 24.5 Å². The standard InChI is InChI=1S/C60H117NO5/c1-4-7-10-13-16-19-22-25-28-29-30-32-35-38-41-44-47-50-53-60(65)66-56(51-48-45-42-39-36-33-31-26-23-20-17-14-11-8-5-2)54-59(64)61-57(55-62)58(63)52-49-46-43-40-37-34-27-24-21-18-15-12-9-6-3/h30,32,56-58,62-63H,4-29,31,33-55H2,1-3H3,(H,61,64)/b32-30+. The van der Waals surface area contributed by atoms with Gasteiger partial charge in [0, 0.05) is 6.42 Å². The zero-order chi connectivity index (χ0) is 48.1. The van der Waals surface area contributed by atoms with E-state index in [1.54, 1.807) is 0 Å². The summed E-state index contributed by atoms with van der Waals surface area (Å²) < 4.78 is 5.97. The third kappa shape index (κ3) is 49.0. The Labute approximate surface area is 412 Å². The molecule has 0 fully saturated rings. The third-order valence-corrected chi connectivity index (χ3v) is 14.1. The van der Waals surface area contributed by atoms with Gasteiger partial charge in [-0.2, -0.15) is 0 Å². The molecular weight excluding hydrogens is 815 g/mol. The van der Waals surface area contributed by atoms with Crippen LogP contribution in [0.5, 0.6) is 0 Å². The average molecular weight is 933 g/mol. The van der Waals surface area contributed by atoms with Gasteiger partial charge in [0.2, 0.25) is 5.91 Å². The lowest BCUT2D eigenvalue weighted by atomic mass is 10.0. The summed E-state index contributed by atoms with van der Waals surface area (Å²) in [6.45, 7) is 6.53. The first-order valence-electron chi connectivity index (χ1n) is 29.9. The van der Waals surface area contributed by atoms with Crippen molar-refractivity contribution in [2.45, 2.75) is 354 Å². The van der Waals surface area contributed by atoms with Gasteiger partial charge in [0.1, 0.15) is 6.10 Å². The first kappa shape index (κ1) is 64.6. The van der Waals surface area contributed by atoms with Crippen LogP contribution in [0.2, 0.25) is 0 Å². The Kier molecular flexibility index (Phi) is 53.4. The summed E-state index contributed by atoms with van der Waals surface area (Å²) in [6.07, 6.45) is 62.8. The third-order valence-electron chi connectivity index (χ3n) is 14.1. The Morgan fingerprint density at radius 1 is 0.424 bits per heavy atom. The van der Waals surface area contributed by atoms with Crippen LogP contribution in [0.25, 0.3) is 0 Å². The maximum atomic E-state index is 13.3. The number of allylic oxidation sites excluding steroid dienone is 2. The van der Waals surface area contributed by atoms with E-state index in [1.165, 1.54) is 238 Å². The molecule has 0 radical (unpaired) electrons. The summed E-state index contributed by atoms with van der Waals surface area (Å²) in [5, 5.41) is 23.9. The van der Waals surface area contributed by atoms with Gasteiger partial charge in [-0.3, -0.25) is 9.59 Å². The summed E-state index contributed by atoms with van der Waals surface area (Å²) in [5.74, 6) is -0.459. The molecule has 3 unspecified atom stereocenters. The Morgan fingerprint density at radius 2 is 0.727 bits per heavy atom. The van der Waals surface area contributed by atoms with Gasteiger partial charge in [0.15, 0.2) is 0 Å². The minimum Gasteiger partial charge on any atom is -0.462 e. The van der Waals surface area contributed by atoms with Crippen molar-refractivity contribution in [1.82, 2.24) is 5.32 Å². The van der Waals surface area contributed by atoms with Crippen molar-refractivity contribution in [2.24, 2.45) is 0 Å². The van der Waals surface area contributed by atoms with E-state index in [1.807, 2.05) is 0 Å². The molecule has 0 aliphatic heterocycles. The number of ether oxygens (including phenoxy) is 1. The van der Waals surface area contributed by atoms with E-state index in [-0.39, 0.29) is 24.9 Å². The van der Waals surface area contributed by atoms with Crippen LogP contribution in [0.3, 0.4) is 0 Å². The molecule has 0 aromatic carbocycles. The molecule has 6 heteroatoms. The van der Waals surface area contributed by atoms with Crippen LogP contribution >= 0.6 is 0 Å². The fourth-order valence-corrected chi connectivity index (χ4v) is 9.55. The lowest BCUT2D eigenvalue weighted by molar-refractivity contribution is -0.151. The number of esters is 1. The lowest BCUT2D eigenvalue weighted by Gasteiger charge is -2.24. The largest absolute Gasteiger partial charge is 0.462 e. The minimum absolute atomic E-state index is 0.0824. The van der Waals surface area contributed by atoms with E-state index in [2.05, 4.69) is 38.2 Å². The van der Waals surface area contributed by atoms with Gasteiger partial charge in [-0.15, -0.1) is 0 Å². The maximum Gasteiger partial charge on any atom is 0.306 e. The second-order valence-corrected chi connectivity index (χ2v) is 20.8. The number of hydrogen-bond acceptors (Lipinski definition) is 5. The van der Waals surface area contributed by atoms with Gasteiger partial charge in [0.05, 0.1) is 25.2 Å². The zero-order valence-electron chi connectivity index (χ0n) is 44.9. The average Bonchev–Trinajstić information content (AvgIpc) is 3.31.